The number of hydrogen-bond donors (Lipinski definition) is 1. The molecule has 1 N–H and O–H groups in total. The molecule has 4 nitrogen and oxygen atoms in total. The Bertz CT molecular complexity index is 541. The van der Waals surface area contributed by atoms with Crippen LogP contribution in [0.25, 0.3) is 11.1 Å². The van der Waals surface area contributed by atoms with Gasteiger partial charge < -0.3 is 10.1 Å². The number of nitrogens with zero attached hydrogens (tertiary/aromatic N) is 1. The van der Waals surface area contributed by atoms with E-state index in [2.05, 4.69) is 27.2 Å². The molecule has 2 rings (SSSR count). The molecule has 0 atom stereocenters. The number of pyridine rings is 1. The summed E-state index contributed by atoms with van der Waals surface area (Å²) in [6, 6.07) is 12.9. The Morgan fingerprint density at radius 1 is 1.42 bits per heavy atom. The van der Waals surface area contributed by atoms with Gasteiger partial charge in [0.05, 0.1) is 13.7 Å². The highest BCUT2D eigenvalue weighted by Crippen LogP contribution is 2.18. The van der Waals surface area contributed by atoms with Gasteiger partial charge in [0.25, 0.3) is 0 Å². The number of benzene rings is 1. The van der Waals surface area contributed by atoms with Gasteiger partial charge in [-0.15, -0.1) is 0 Å². The van der Waals surface area contributed by atoms with E-state index in [0.29, 0.717) is 6.54 Å². The molecule has 0 bridgehead atoms. The van der Waals surface area contributed by atoms with E-state index in [4.69, 9.17) is 0 Å². The summed E-state index contributed by atoms with van der Waals surface area (Å²) >= 11 is 0. The lowest BCUT2D eigenvalue weighted by atomic mass is 10.0. The Morgan fingerprint density at radius 3 is 3.05 bits per heavy atom. The molecule has 0 aliphatic carbocycles. The summed E-state index contributed by atoms with van der Waals surface area (Å²) in [6.45, 7) is 0.828. The summed E-state index contributed by atoms with van der Waals surface area (Å²) in [5, 5.41) is 3.03. The van der Waals surface area contributed by atoms with Crippen molar-refractivity contribution in [3.8, 4) is 11.1 Å². The Balaban J connectivity index is 2.02. The summed E-state index contributed by atoms with van der Waals surface area (Å²) in [4.78, 5) is 15.0. The maximum atomic E-state index is 11.0. The fourth-order valence-electron chi connectivity index (χ4n) is 1.72. The third kappa shape index (κ3) is 3.89. The molecule has 4 heteroatoms. The van der Waals surface area contributed by atoms with Gasteiger partial charge in [-0.25, -0.2) is 0 Å². The van der Waals surface area contributed by atoms with Crippen LogP contribution in [0.3, 0.4) is 0 Å². The number of aromatic nitrogens is 1. The number of esters is 1. The van der Waals surface area contributed by atoms with Crippen LogP contribution in [-0.2, 0) is 16.1 Å². The van der Waals surface area contributed by atoms with Crippen molar-refractivity contribution in [2.75, 3.05) is 13.7 Å². The lowest BCUT2D eigenvalue weighted by Gasteiger charge is -2.06. The maximum Gasteiger partial charge on any atom is 0.319 e. The molecule has 0 unspecified atom stereocenters. The van der Waals surface area contributed by atoms with Crippen molar-refractivity contribution < 1.29 is 9.53 Å². The van der Waals surface area contributed by atoms with Crippen molar-refractivity contribution in [2.24, 2.45) is 0 Å². The molecule has 0 aliphatic rings. The van der Waals surface area contributed by atoms with Gasteiger partial charge in [-0.3, -0.25) is 9.78 Å². The lowest BCUT2D eigenvalue weighted by molar-refractivity contribution is -0.139. The fourth-order valence-corrected chi connectivity index (χ4v) is 1.72. The normalized spacial score (nSPS) is 10.2. The smallest absolute Gasteiger partial charge is 0.319 e. The van der Waals surface area contributed by atoms with Crippen molar-refractivity contribution in [2.45, 2.75) is 6.54 Å². The lowest BCUT2D eigenvalue weighted by Crippen LogP contribution is -2.23. The van der Waals surface area contributed by atoms with Gasteiger partial charge in [0.2, 0.25) is 0 Å². The van der Waals surface area contributed by atoms with Gasteiger partial charge in [0, 0.05) is 30.6 Å². The quantitative estimate of drug-likeness (QED) is 0.828. The van der Waals surface area contributed by atoms with E-state index in [-0.39, 0.29) is 12.5 Å². The number of hydrogen-bond acceptors (Lipinski definition) is 4. The number of rotatable bonds is 5. The van der Waals surface area contributed by atoms with Crippen LogP contribution in [0.5, 0.6) is 0 Å². The summed E-state index contributed by atoms with van der Waals surface area (Å²) < 4.78 is 4.57. The molecule has 1 radical (unpaired) electrons. The predicted octanol–water partition coefficient (Wildman–Crippen LogP) is 1.81. The summed E-state index contributed by atoms with van der Waals surface area (Å²) in [6.07, 6.45) is 3.43. The van der Waals surface area contributed by atoms with Crippen LogP contribution in [0.4, 0.5) is 0 Å². The average molecular weight is 255 g/mol. The number of nitrogens with one attached hydrogen (secondary N) is 1. The van der Waals surface area contributed by atoms with Crippen LogP contribution < -0.4 is 5.32 Å². The molecule has 0 saturated carbocycles. The molecule has 0 amide bonds. The van der Waals surface area contributed by atoms with Crippen molar-refractivity contribution >= 4 is 5.97 Å². The molecule has 0 fully saturated rings. The second-order valence-corrected chi connectivity index (χ2v) is 4.05. The third-order valence-electron chi connectivity index (χ3n) is 2.69. The second kappa shape index (κ2) is 6.66. The van der Waals surface area contributed by atoms with Crippen LogP contribution in [0, 0.1) is 6.07 Å². The van der Waals surface area contributed by atoms with Gasteiger partial charge in [-0.05, 0) is 23.3 Å². The second-order valence-electron chi connectivity index (χ2n) is 4.05. The Hall–Kier alpha value is -2.20. The molecule has 97 valence electrons. The summed E-state index contributed by atoms with van der Waals surface area (Å²) in [5.74, 6) is -0.266. The molecule has 0 saturated heterocycles. The first-order chi connectivity index (χ1) is 9.29. The third-order valence-corrected chi connectivity index (χ3v) is 2.69. The average Bonchev–Trinajstić information content (AvgIpc) is 2.48. The van der Waals surface area contributed by atoms with E-state index in [0.717, 1.165) is 16.7 Å². The Kier molecular flexibility index (Phi) is 4.64. The highest BCUT2D eigenvalue weighted by Gasteiger charge is 2.01. The molecule has 0 aliphatic heterocycles. The number of carbonyl (C=O) groups is 1. The molecule has 0 spiro atoms. The van der Waals surface area contributed by atoms with Crippen molar-refractivity contribution in [3.63, 3.8) is 0 Å². The van der Waals surface area contributed by atoms with E-state index >= 15 is 0 Å². The van der Waals surface area contributed by atoms with E-state index in [1.54, 1.807) is 12.4 Å². The van der Waals surface area contributed by atoms with E-state index in [9.17, 15) is 4.79 Å². The zero-order valence-corrected chi connectivity index (χ0v) is 10.7. The van der Waals surface area contributed by atoms with Crippen LogP contribution in [-0.4, -0.2) is 24.6 Å². The predicted molar refractivity (Wildman–Crippen MR) is 72.2 cm³/mol. The fraction of sp³-hybridized carbons (Fsp3) is 0.200. The first kappa shape index (κ1) is 13.2. The molecular formula is C15H15N2O2. The molecular weight excluding hydrogens is 240 g/mol. The van der Waals surface area contributed by atoms with Gasteiger partial charge in [-0.2, -0.15) is 0 Å². The standard InChI is InChI=1S/C15H15N2O2/c1-19-15(18)11-17-9-12-4-2-5-13(8-12)14-6-3-7-16-10-14/h2,4-8,10,17H,9,11H2,1H3. The number of methoxy groups -OCH3 is 1. The highest BCUT2D eigenvalue weighted by atomic mass is 16.5. The van der Waals surface area contributed by atoms with Crippen molar-refractivity contribution in [1.82, 2.24) is 10.3 Å². The molecule has 1 aromatic carbocycles. The summed E-state index contributed by atoms with van der Waals surface area (Å²) in [7, 11) is 1.38. The molecule has 19 heavy (non-hydrogen) atoms. The van der Waals surface area contributed by atoms with E-state index < -0.39 is 0 Å². The highest BCUT2D eigenvalue weighted by molar-refractivity contribution is 5.71. The van der Waals surface area contributed by atoms with Crippen molar-refractivity contribution in [1.29, 1.82) is 0 Å². The molecule has 1 aromatic heterocycles. The number of ether oxygens (including phenoxy) is 1. The van der Waals surface area contributed by atoms with Gasteiger partial charge in [0.1, 0.15) is 0 Å². The van der Waals surface area contributed by atoms with Crippen LogP contribution in [0.1, 0.15) is 5.56 Å². The van der Waals surface area contributed by atoms with Gasteiger partial charge in [0.15, 0.2) is 0 Å². The monoisotopic (exact) mass is 255 g/mol. The first-order valence-corrected chi connectivity index (χ1v) is 5.97. The zero-order valence-electron chi connectivity index (χ0n) is 10.7. The van der Waals surface area contributed by atoms with Crippen molar-refractivity contribution in [3.05, 3.63) is 54.4 Å². The SMILES string of the molecule is COC(=O)CNCc1cccc(-c2c[c]cnc2)c1. The molecule has 2 aromatic rings. The van der Waals surface area contributed by atoms with E-state index in [1.165, 1.54) is 7.11 Å². The maximum absolute atomic E-state index is 11.0. The molecule has 1 heterocycles. The van der Waals surface area contributed by atoms with Gasteiger partial charge >= 0.3 is 5.97 Å². The Labute approximate surface area is 112 Å². The van der Waals surface area contributed by atoms with Gasteiger partial charge in [-0.1, -0.05) is 18.2 Å². The largest absolute Gasteiger partial charge is 0.468 e. The minimum Gasteiger partial charge on any atom is -0.468 e. The van der Waals surface area contributed by atoms with Crippen LogP contribution >= 0.6 is 0 Å². The Morgan fingerprint density at radius 2 is 2.32 bits per heavy atom. The van der Waals surface area contributed by atoms with Crippen LogP contribution in [0.15, 0.2) is 42.7 Å². The topological polar surface area (TPSA) is 51.2 Å². The minimum absolute atomic E-state index is 0.210. The summed E-state index contributed by atoms with van der Waals surface area (Å²) in [5.41, 5.74) is 3.21. The zero-order chi connectivity index (χ0) is 13.5. The number of carbonyl (C=O) groups excluding carboxylic acids is 1. The van der Waals surface area contributed by atoms with E-state index in [1.807, 2.05) is 24.3 Å². The first-order valence-electron chi connectivity index (χ1n) is 5.97. The van der Waals surface area contributed by atoms with Crippen LogP contribution in [0.2, 0.25) is 0 Å². The minimum atomic E-state index is -0.266.